The van der Waals surface area contributed by atoms with Crippen molar-refractivity contribution >= 4 is 23.3 Å². The minimum atomic E-state index is -4.50. The van der Waals surface area contributed by atoms with Crippen molar-refractivity contribution in [1.29, 1.82) is 0 Å². The molecule has 0 aliphatic heterocycles. The van der Waals surface area contributed by atoms with E-state index in [-0.39, 0.29) is 28.9 Å². The van der Waals surface area contributed by atoms with Crippen molar-refractivity contribution < 1.29 is 18.0 Å². The van der Waals surface area contributed by atoms with Crippen molar-refractivity contribution in [2.75, 3.05) is 18.9 Å². The highest BCUT2D eigenvalue weighted by atomic mass is 35.5. The van der Waals surface area contributed by atoms with Crippen molar-refractivity contribution in [2.45, 2.75) is 25.9 Å². The van der Waals surface area contributed by atoms with Gasteiger partial charge in [-0.1, -0.05) is 11.6 Å². The molecule has 2 N–H and O–H groups in total. The Balaban J connectivity index is 2.33. The summed E-state index contributed by atoms with van der Waals surface area (Å²) >= 11 is 6.05. The van der Waals surface area contributed by atoms with Crippen LogP contribution in [0.4, 0.5) is 19.0 Å². The molecule has 25 heavy (non-hydrogen) atoms. The average Bonchev–Trinajstić information content (AvgIpc) is 2.87. The zero-order valence-electron chi connectivity index (χ0n) is 13.7. The summed E-state index contributed by atoms with van der Waals surface area (Å²) in [4.78, 5) is 12.0. The molecule has 0 atom stereocenters. The molecule has 1 aromatic carbocycles. The number of hydrogen-bond acceptors (Lipinski definition) is 3. The molecule has 0 unspecified atom stereocenters. The summed E-state index contributed by atoms with van der Waals surface area (Å²) in [6.07, 6.45) is -3.58. The average molecular weight is 375 g/mol. The van der Waals surface area contributed by atoms with E-state index in [9.17, 15) is 18.0 Å². The van der Waals surface area contributed by atoms with Crippen LogP contribution in [-0.2, 0) is 11.0 Å². The molecule has 0 spiro atoms. The fourth-order valence-electron chi connectivity index (χ4n) is 2.25. The van der Waals surface area contributed by atoms with Gasteiger partial charge in [0.2, 0.25) is 5.91 Å². The lowest BCUT2D eigenvalue weighted by Crippen LogP contribution is -2.17. The van der Waals surface area contributed by atoms with E-state index in [0.29, 0.717) is 18.7 Å². The van der Waals surface area contributed by atoms with Crippen LogP contribution in [-0.4, -0.2) is 29.3 Å². The van der Waals surface area contributed by atoms with Gasteiger partial charge in [-0.15, -0.1) is 0 Å². The fourth-order valence-corrected chi connectivity index (χ4v) is 2.45. The van der Waals surface area contributed by atoms with Gasteiger partial charge < -0.3 is 10.6 Å². The number of carbonyl (C=O) groups excluding carboxylic acids is 1. The number of halogens is 4. The molecule has 0 aliphatic rings. The second kappa shape index (κ2) is 7.88. The van der Waals surface area contributed by atoms with Crippen molar-refractivity contribution in [3.8, 4) is 5.69 Å². The van der Waals surface area contributed by atoms with E-state index in [0.717, 1.165) is 18.2 Å². The molecule has 0 fully saturated rings. The van der Waals surface area contributed by atoms with E-state index >= 15 is 0 Å². The Morgan fingerprint density at radius 3 is 2.68 bits per heavy atom. The third-order valence-electron chi connectivity index (χ3n) is 3.43. The number of amides is 1. The van der Waals surface area contributed by atoms with Gasteiger partial charge >= 0.3 is 6.18 Å². The van der Waals surface area contributed by atoms with Gasteiger partial charge in [0.05, 0.1) is 22.0 Å². The highest BCUT2D eigenvalue weighted by Gasteiger charge is 2.31. The molecule has 5 nitrogen and oxygen atoms in total. The summed E-state index contributed by atoms with van der Waals surface area (Å²) in [6.45, 7) is 2.36. The van der Waals surface area contributed by atoms with Crippen LogP contribution in [0.15, 0.2) is 24.3 Å². The van der Waals surface area contributed by atoms with E-state index in [1.165, 1.54) is 4.68 Å². The smallest absolute Gasteiger partial charge is 0.320 e. The summed E-state index contributed by atoms with van der Waals surface area (Å²) in [5.74, 6) is 0.0210. The number of carbonyl (C=O) groups is 1. The third-order valence-corrected chi connectivity index (χ3v) is 3.75. The lowest BCUT2D eigenvalue weighted by Gasteiger charge is -2.13. The molecular formula is C16H18ClF3N4O. The molecule has 0 saturated heterocycles. The second-order valence-electron chi connectivity index (χ2n) is 5.50. The van der Waals surface area contributed by atoms with Crippen LogP contribution >= 0.6 is 11.6 Å². The molecule has 2 rings (SSSR count). The predicted molar refractivity (Wildman–Crippen MR) is 90.1 cm³/mol. The number of aryl methyl sites for hydroxylation is 1. The summed E-state index contributed by atoms with van der Waals surface area (Å²) in [7, 11) is 1.78. The van der Waals surface area contributed by atoms with Crippen LogP contribution in [0.2, 0.25) is 5.02 Å². The highest BCUT2D eigenvalue weighted by molar-refractivity contribution is 6.32. The predicted octanol–water partition coefficient (Wildman–Crippen LogP) is 3.79. The summed E-state index contributed by atoms with van der Waals surface area (Å²) in [5, 5.41) is 9.85. The number of nitrogens with zero attached hydrogens (tertiary/aromatic N) is 2. The van der Waals surface area contributed by atoms with E-state index in [1.54, 1.807) is 20.0 Å². The molecule has 0 saturated carbocycles. The van der Waals surface area contributed by atoms with Crippen LogP contribution in [0.5, 0.6) is 0 Å². The van der Waals surface area contributed by atoms with Crippen LogP contribution < -0.4 is 10.6 Å². The Kier molecular flexibility index (Phi) is 6.07. The van der Waals surface area contributed by atoms with Gasteiger partial charge in [0, 0.05) is 12.5 Å². The van der Waals surface area contributed by atoms with Gasteiger partial charge in [-0.3, -0.25) is 4.79 Å². The second-order valence-corrected chi connectivity index (χ2v) is 5.91. The zero-order chi connectivity index (χ0) is 18.6. The van der Waals surface area contributed by atoms with Crippen LogP contribution in [0.3, 0.4) is 0 Å². The van der Waals surface area contributed by atoms with Crippen molar-refractivity contribution in [3.05, 3.63) is 40.5 Å². The molecule has 0 aliphatic carbocycles. The standard InChI is InChI=1S/C16H18ClF3N4O/c1-10-8-14(22-15(25)4-3-7-21-2)24(23-10)13-9-11(16(18,19)20)5-6-12(13)17/h5-6,8-9,21H,3-4,7H2,1-2H3,(H,22,25). The molecular weight excluding hydrogens is 357 g/mol. The number of benzene rings is 1. The van der Waals surface area contributed by atoms with E-state index in [4.69, 9.17) is 11.6 Å². The van der Waals surface area contributed by atoms with Crippen molar-refractivity contribution in [3.63, 3.8) is 0 Å². The van der Waals surface area contributed by atoms with Gasteiger partial charge in [0.15, 0.2) is 0 Å². The molecule has 136 valence electrons. The lowest BCUT2D eigenvalue weighted by atomic mass is 10.2. The fraction of sp³-hybridized carbons (Fsp3) is 0.375. The molecule has 0 bridgehead atoms. The molecule has 1 aromatic heterocycles. The number of rotatable bonds is 6. The minimum Gasteiger partial charge on any atom is -0.320 e. The normalized spacial score (nSPS) is 11.6. The summed E-state index contributed by atoms with van der Waals surface area (Å²) < 4.78 is 40.1. The first-order chi connectivity index (χ1) is 11.7. The highest BCUT2D eigenvalue weighted by Crippen LogP contribution is 2.34. The molecule has 2 aromatic rings. The van der Waals surface area contributed by atoms with E-state index in [2.05, 4.69) is 15.7 Å². The first-order valence-electron chi connectivity index (χ1n) is 7.60. The lowest BCUT2D eigenvalue weighted by molar-refractivity contribution is -0.137. The van der Waals surface area contributed by atoms with E-state index < -0.39 is 11.7 Å². The Labute approximate surface area is 148 Å². The maximum atomic E-state index is 13.0. The topological polar surface area (TPSA) is 59.0 Å². The Bertz CT molecular complexity index is 758. The summed E-state index contributed by atoms with van der Waals surface area (Å²) in [6, 6.07) is 4.55. The van der Waals surface area contributed by atoms with Crippen LogP contribution in [0.1, 0.15) is 24.1 Å². The van der Waals surface area contributed by atoms with Gasteiger partial charge in [-0.25, -0.2) is 4.68 Å². The Hall–Kier alpha value is -2.06. The quantitative estimate of drug-likeness (QED) is 0.756. The van der Waals surface area contributed by atoms with Gasteiger partial charge in [0.25, 0.3) is 0 Å². The largest absolute Gasteiger partial charge is 0.416 e. The SMILES string of the molecule is CNCCCC(=O)Nc1cc(C)nn1-c1cc(C(F)(F)F)ccc1Cl. The first kappa shape index (κ1) is 19.3. The molecule has 1 amide bonds. The van der Waals surface area contributed by atoms with Crippen LogP contribution in [0.25, 0.3) is 5.69 Å². The molecule has 0 radical (unpaired) electrons. The Morgan fingerprint density at radius 1 is 1.32 bits per heavy atom. The zero-order valence-corrected chi connectivity index (χ0v) is 14.5. The number of aromatic nitrogens is 2. The number of nitrogens with one attached hydrogen (secondary N) is 2. The van der Waals surface area contributed by atoms with E-state index in [1.807, 2.05) is 0 Å². The summed E-state index contributed by atoms with van der Waals surface area (Å²) in [5.41, 5.74) is -0.250. The van der Waals surface area contributed by atoms with Gasteiger partial charge in [-0.2, -0.15) is 18.3 Å². The maximum absolute atomic E-state index is 13.0. The Morgan fingerprint density at radius 2 is 2.04 bits per heavy atom. The first-order valence-corrected chi connectivity index (χ1v) is 7.98. The van der Waals surface area contributed by atoms with Crippen molar-refractivity contribution in [1.82, 2.24) is 15.1 Å². The number of anilines is 1. The maximum Gasteiger partial charge on any atom is 0.416 e. The number of hydrogen-bond donors (Lipinski definition) is 2. The van der Waals surface area contributed by atoms with Crippen LogP contribution in [0, 0.1) is 6.92 Å². The van der Waals surface area contributed by atoms with Gasteiger partial charge in [-0.05, 0) is 45.1 Å². The number of alkyl halides is 3. The molecule has 1 heterocycles. The van der Waals surface area contributed by atoms with Gasteiger partial charge in [0.1, 0.15) is 5.82 Å². The third kappa shape index (κ3) is 4.96. The van der Waals surface area contributed by atoms with Crippen molar-refractivity contribution in [2.24, 2.45) is 0 Å². The minimum absolute atomic E-state index is 0.0510. The molecule has 9 heteroatoms. The monoisotopic (exact) mass is 374 g/mol.